The van der Waals surface area contributed by atoms with Gasteiger partial charge in [-0.05, 0) is 48.4 Å². The molecule has 0 radical (unpaired) electrons. The van der Waals surface area contributed by atoms with Gasteiger partial charge in [0.2, 0.25) is 0 Å². The van der Waals surface area contributed by atoms with Crippen LogP contribution in [0.25, 0.3) is 10.9 Å². The Bertz CT molecular complexity index is 1190. The van der Waals surface area contributed by atoms with Gasteiger partial charge < -0.3 is 15.2 Å². The number of hydrogen-bond donors (Lipinski definition) is 2. The van der Waals surface area contributed by atoms with Crippen LogP contribution in [-0.4, -0.2) is 27.7 Å². The van der Waals surface area contributed by atoms with E-state index in [0.717, 1.165) is 23.1 Å². The lowest BCUT2D eigenvalue weighted by atomic mass is 9.96. The minimum atomic E-state index is -0.378. The minimum absolute atomic E-state index is 0.117. The van der Waals surface area contributed by atoms with Crippen molar-refractivity contribution < 1.29 is 14.6 Å². The maximum absolute atomic E-state index is 12.3. The molecule has 0 aliphatic heterocycles. The Morgan fingerprint density at radius 2 is 1.90 bits per heavy atom. The summed E-state index contributed by atoms with van der Waals surface area (Å²) in [6.07, 6.45) is 5.84. The molecular formula is C25H23N3O3. The van der Waals surface area contributed by atoms with Gasteiger partial charge in [-0.3, -0.25) is 9.97 Å². The molecule has 6 heteroatoms. The van der Waals surface area contributed by atoms with Crippen molar-refractivity contribution in [3.63, 3.8) is 0 Å². The van der Waals surface area contributed by atoms with Gasteiger partial charge in [0.1, 0.15) is 11.3 Å². The van der Waals surface area contributed by atoms with Crippen LogP contribution in [0.1, 0.15) is 40.9 Å². The molecule has 2 heterocycles. The lowest BCUT2D eigenvalue weighted by molar-refractivity contribution is 0.0505. The molecule has 2 aromatic heterocycles. The summed E-state index contributed by atoms with van der Waals surface area (Å²) in [6, 6.07) is 18.1. The first-order valence-electron chi connectivity index (χ1n) is 10.2. The van der Waals surface area contributed by atoms with E-state index in [2.05, 4.69) is 15.3 Å². The van der Waals surface area contributed by atoms with E-state index in [1.54, 1.807) is 36.8 Å². The summed E-state index contributed by atoms with van der Waals surface area (Å²) in [5.74, 6) is -0.241. The van der Waals surface area contributed by atoms with Crippen molar-refractivity contribution in [2.45, 2.75) is 19.4 Å². The van der Waals surface area contributed by atoms with E-state index in [0.29, 0.717) is 23.3 Å². The second kappa shape index (κ2) is 9.26. The second-order valence-corrected chi connectivity index (χ2v) is 7.15. The second-order valence-electron chi connectivity index (χ2n) is 7.15. The zero-order chi connectivity index (χ0) is 21.6. The number of ether oxygens (including phenoxy) is 1. The Balaban J connectivity index is 1.73. The average Bonchev–Trinajstić information content (AvgIpc) is 2.82. The third kappa shape index (κ3) is 4.48. The Morgan fingerprint density at radius 1 is 1.06 bits per heavy atom. The summed E-state index contributed by atoms with van der Waals surface area (Å²) in [7, 11) is 0. The van der Waals surface area contributed by atoms with E-state index in [9.17, 15) is 9.90 Å². The molecule has 0 saturated heterocycles. The number of carbonyl (C=O) groups excluding carboxylic acids is 1. The molecule has 0 fully saturated rings. The molecule has 0 aliphatic rings. The first kappa shape index (κ1) is 20.3. The minimum Gasteiger partial charge on any atom is -0.505 e. The molecule has 1 unspecified atom stereocenters. The monoisotopic (exact) mass is 413 g/mol. The molecule has 0 bridgehead atoms. The summed E-state index contributed by atoms with van der Waals surface area (Å²) in [6.45, 7) is 2.34. The molecule has 156 valence electrons. The van der Waals surface area contributed by atoms with E-state index < -0.39 is 0 Å². The lowest BCUT2D eigenvalue weighted by Crippen LogP contribution is -2.14. The molecule has 2 N–H and O–H groups in total. The van der Waals surface area contributed by atoms with Gasteiger partial charge >= 0.3 is 5.97 Å². The average molecular weight is 413 g/mol. The first-order chi connectivity index (χ1) is 15.2. The summed E-state index contributed by atoms with van der Waals surface area (Å²) in [5, 5.41) is 15.3. The predicted octanol–water partition coefficient (Wildman–Crippen LogP) is 5.10. The lowest BCUT2D eigenvalue weighted by Gasteiger charge is -2.22. The van der Waals surface area contributed by atoms with Crippen molar-refractivity contribution in [3.05, 3.63) is 95.9 Å². The smallest absolute Gasteiger partial charge is 0.338 e. The van der Waals surface area contributed by atoms with Gasteiger partial charge in [-0.1, -0.05) is 31.2 Å². The Kier molecular flexibility index (Phi) is 6.08. The van der Waals surface area contributed by atoms with Gasteiger partial charge in [0.05, 0.1) is 18.2 Å². The fourth-order valence-electron chi connectivity index (χ4n) is 3.46. The van der Waals surface area contributed by atoms with Gasteiger partial charge in [-0.25, -0.2) is 4.79 Å². The highest BCUT2D eigenvalue weighted by Gasteiger charge is 2.20. The van der Waals surface area contributed by atoms with Crippen molar-refractivity contribution in [2.75, 3.05) is 11.9 Å². The fourth-order valence-corrected chi connectivity index (χ4v) is 3.46. The summed E-state index contributed by atoms with van der Waals surface area (Å²) in [4.78, 5) is 20.7. The number of phenolic OH excluding ortho intramolecular Hbond substituents is 1. The molecule has 0 amide bonds. The van der Waals surface area contributed by atoms with Crippen molar-refractivity contribution in [1.82, 2.24) is 9.97 Å². The highest BCUT2D eigenvalue weighted by molar-refractivity contribution is 5.90. The van der Waals surface area contributed by atoms with Crippen LogP contribution in [-0.2, 0) is 4.74 Å². The summed E-state index contributed by atoms with van der Waals surface area (Å²) >= 11 is 0. The highest BCUT2D eigenvalue weighted by atomic mass is 16.5. The zero-order valence-corrected chi connectivity index (χ0v) is 17.2. The Morgan fingerprint density at radius 3 is 2.71 bits per heavy atom. The van der Waals surface area contributed by atoms with Crippen LogP contribution in [0.5, 0.6) is 5.75 Å². The summed E-state index contributed by atoms with van der Waals surface area (Å²) < 4.78 is 5.25. The zero-order valence-electron chi connectivity index (χ0n) is 17.2. The van der Waals surface area contributed by atoms with Crippen molar-refractivity contribution in [1.29, 1.82) is 0 Å². The largest absolute Gasteiger partial charge is 0.505 e. The van der Waals surface area contributed by atoms with Crippen molar-refractivity contribution in [2.24, 2.45) is 0 Å². The van der Waals surface area contributed by atoms with Crippen molar-refractivity contribution >= 4 is 22.6 Å². The van der Waals surface area contributed by atoms with Crippen LogP contribution >= 0.6 is 0 Å². The molecule has 4 rings (SSSR count). The molecule has 2 aromatic carbocycles. The third-order valence-electron chi connectivity index (χ3n) is 4.98. The van der Waals surface area contributed by atoms with Crippen LogP contribution in [0.3, 0.4) is 0 Å². The Hall–Kier alpha value is -3.93. The van der Waals surface area contributed by atoms with Gasteiger partial charge in [0.15, 0.2) is 0 Å². The molecule has 0 spiro atoms. The molecule has 0 aliphatic carbocycles. The molecule has 31 heavy (non-hydrogen) atoms. The number of anilines is 1. The number of esters is 1. The molecular weight excluding hydrogens is 390 g/mol. The standard InChI is InChI=1S/C25H23N3O3/c1-2-15-31-25(30)19-5-3-7-20(16-19)28-22(18-10-13-26-14-11-18)21-9-8-17-6-4-12-27-23(17)24(21)29/h3-14,16,22,28-29H,2,15H2,1H3. The third-order valence-corrected chi connectivity index (χ3v) is 4.98. The molecule has 0 saturated carbocycles. The number of fused-ring (bicyclic) bond motifs is 1. The normalized spacial score (nSPS) is 11.8. The Labute approximate surface area is 180 Å². The van der Waals surface area contributed by atoms with Gasteiger partial charge in [0.25, 0.3) is 0 Å². The topological polar surface area (TPSA) is 84.3 Å². The molecule has 4 aromatic rings. The van der Waals surface area contributed by atoms with Crippen molar-refractivity contribution in [3.8, 4) is 5.75 Å². The van der Waals surface area contributed by atoms with E-state index >= 15 is 0 Å². The number of pyridine rings is 2. The molecule has 1 atom stereocenters. The molecule has 6 nitrogen and oxygen atoms in total. The first-order valence-corrected chi connectivity index (χ1v) is 10.2. The predicted molar refractivity (Wildman–Crippen MR) is 120 cm³/mol. The SMILES string of the molecule is CCCOC(=O)c1cccc(NC(c2ccncc2)c2ccc3cccnc3c2O)c1. The van der Waals surface area contributed by atoms with E-state index in [1.807, 2.05) is 49.4 Å². The van der Waals surface area contributed by atoms with E-state index in [4.69, 9.17) is 4.74 Å². The highest BCUT2D eigenvalue weighted by Crippen LogP contribution is 2.36. The quantitative estimate of drug-likeness (QED) is 0.410. The number of hydrogen-bond acceptors (Lipinski definition) is 6. The van der Waals surface area contributed by atoms with Crippen LogP contribution in [0.15, 0.2) is 79.3 Å². The maximum atomic E-state index is 12.3. The fraction of sp³-hybridized carbons (Fsp3) is 0.160. The number of nitrogens with zero attached hydrogens (tertiary/aromatic N) is 2. The summed E-state index contributed by atoms with van der Waals surface area (Å²) in [5.41, 5.74) is 3.33. The number of nitrogens with one attached hydrogen (secondary N) is 1. The number of phenols is 1. The number of rotatable bonds is 7. The van der Waals surface area contributed by atoms with Crippen LogP contribution < -0.4 is 5.32 Å². The number of aromatic nitrogens is 2. The maximum Gasteiger partial charge on any atom is 0.338 e. The van der Waals surface area contributed by atoms with Gasteiger partial charge in [-0.2, -0.15) is 0 Å². The van der Waals surface area contributed by atoms with E-state index in [-0.39, 0.29) is 17.8 Å². The van der Waals surface area contributed by atoms with Gasteiger partial charge in [0, 0.05) is 35.2 Å². The van der Waals surface area contributed by atoms with Crippen LogP contribution in [0.4, 0.5) is 5.69 Å². The number of carbonyl (C=O) groups is 1. The number of aromatic hydroxyl groups is 1. The van der Waals surface area contributed by atoms with Crippen LogP contribution in [0.2, 0.25) is 0 Å². The van der Waals surface area contributed by atoms with Crippen LogP contribution in [0, 0.1) is 0 Å². The number of benzene rings is 2. The van der Waals surface area contributed by atoms with Gasteiger partial charge in [-0.15, -0.1) is 0 Å². The van der Waals surface area contributed by atoms with E-state index in [1.165, 1.54) is 0 Å².